The monoisotopic (exact) mass is 764 g/mol. The van der Waals surface area contributed by atoms with Gasteiger partial charge in [0.05, 0.1) is 19.8 Å². The van der Waals surface area contributed by atoms with Crippen LogP contribution in [0.15, 0.2) is 0 Å². The molecule has 0 bridgehead atoms. The van der Waals surface area contributed by atoms with Crippen LogP contribution in [0.4, 0.5) is 0 Å². The van der Waals surface area contributed by atoms with E-state index in [9.17, 15) is 19.0 Å². The van der Waals surface area contributed by atoms with Gasteiger partial charge in [-0.1, -0.05) is 194 Å². The molecule has 0 aromatic carbocycles. The molecule has 11 heteroatoms. The number of unbranched alkanes of at least 4 members (excludes halogenated alkanes) is 28. The smallest absolute Gasteiger partial charge is 0.472 e. The molecule has 10 nitrogen and oxygen atoms in total. The van der Waals surface area contributed by atoms with Gasteiger partial charge < -0.3 is 25.2 Å². The number of carbonyl (C=O) groups excluding carboxylic acids is 1. The van der Waals surface area contributed by atoms with Crippen molar-refractivity contribution < 1.29 is 42.7 Å². The average Bonchev–Trinajstić information content (AvgIpc) is 3.12. The fourth-order valence-corrected chi connectivity index (χ4v) is 7.03. The maximum absolute atomic E-state index is 12.6. The SMILES string of the molecule is CCCCCCCCCCCCCCCCCCCCCCCC(=O)OC(COCCCCCCCCCCC)COP(=O)(O)OCC(N)C(=O)O. The number of phosphoric ester groups is 1. The predicted molar refractivity (Wildman–Crippen MR) is 213 cm³/mol. The minimum Gasteiger partial charge on any atom is -0.480 e. The first-order valence-corrected chi connectivity index (χ1v) is 23.1. The molecule has 0 aliphatic rings. The molecule has 0 aliphatic heterocycles. The fraction of sp³-hybridized carbons (Fsp3) is 0.951. The van der Waals surface area contributed by atoms with Gasteiger partial charge in [-0.25, -0.2) is 4.57 Å². The van der Waals surface area contributed by atoms with Crippen LogP contribution in [0.3, 0.4) is 0 Å². The number of nitrogens with two attached hydrogens (primary N) is 1. The fourth-order valence-electron chi connectivity index (χ4n) is 6.25. The second-order valence-electron chi connectivity index (χ2n) is 14.8. The van der Waals surface area contributed by atoms with Crippen LogP contribution in [-0.2, 0) is 32.7 Å². The second kappa shape index (κ2) is 38.3. The number of esters is 1. The Morgan fingerprint density at radius 1 is 0.538 bits per heavy atom. The number of hydrogen-bond donors (Lipinski definition) is 3. The van der Waals surface area contributed by atoms with Crippen molar-refractivity contribution in [3.63, 3.8) is 0 Å². The summed E-state index contributed by atoms with van der Waals surface area (Å²) < 4.78 is 33.2. The Hall–Kier alpha value is -1.03. The van der Waals surface area contributed by atoms with Crippen molar-refractivity contribution in [3.8, 4) is 0 Å². The molecule has 0 rings (SSSR count). The molecule has 0 aliphatic carbocycles. The van der Waals surface area contributed by atoms with Gasteiger partial charge in [0.15, 0.2) is 0 Å². The lowest BCUT2D eigenvalue weighted by molar-refractivity contribution is -0.154. The molecule has 0 amide bonds. The molecule has 0 aromatic rings. The van der Waals surface area contributed by atoms with Crippen molar-refractivity contribution in [1.82, 2.24) is 0 Å². The number of phosphoric acid groups is 1. The average molecular weight is 764 g/mol. The minimum absolute atomic E-state index is 0.0245. The van der Waals surface area contributed by atoms with Crippen LogP contribution < -0.4 is 5.73 Å². The summed E-state index contributed by atoms with van der Waals surface area (Å²) in [6, 6.07) is -1.47. The van der Waals surface area contributed by atoms with E-state index in [1.165, 1.54) is 154 Å². The number of carboxylic acids is 1. The topological polar surface area (TPSA) is 155 Å². The van der Waals surface area contributed by atoms with Crippen LogP contribution in [0.25, 0.3) is 0 Å². The number of rotatable bonds is 42. The van der Waals surface area contributed by atoms with Gasteiger partial charge in [-0.15, -0.1) is 0 Å². The first-order valence-electron chi connectivity index (χ1n) is 21.6. The Bertz CT molecular complexity index is 847. The van der Waals surface area contributed by atoms with Gasteiger partial charge in [0.2, 0.25) is 0 Å². The van der Waals surface area contributed by atoms with Crippen LogP contribution in [0.5, 0.6) is 0 Å². The highest BCUT2D eigenvalue weighted by molar-refractivity contribution is 7.47. The molecule has 0 saturated carbocycles. The molecule has 52 heavy (non-hydrogen) atoms. The van der Waals surface area contributed by atoms with Gasteiger partial charge in [-0.2, -0.15) is 0 Å². The lowest BCUT2D eigenvalue weighted by Crippen LogP contribution is -2.34. The number of carboxylic acid groups (broad SMARTS) is 1. The van der Waals surface area contributed by atoms with Crippen LogP contribution >= 0.6 is 7.82 Å². The summed E-state index contributed by atoms with van der Waals surface area (Å²) in [5.41, 5.74) is 5.34. The summed E-state index contributed by atoms with van der Waals surface area (Å²) in [7, 11) is -4.60. The summed E-state index contributed by atoms with van der Waals surface area (Å²) in [5, 5.41) is 8.87. The van der Waals surface area contributed by atoms with E-state index in [0.717, 1.165) is 38.5 Å². The van der Waals surface area contributed by atoms with Gasteiger partial charge in [0.25, 0.3) is 0 Å². The normalized spacial score (nSPS) is 13.9. The number of ether oxygens (including phenoxy) is 2. The molecule has 3 atom stereocenters. The van der Waals surface area contributed by atoms with E-state index in [0.29, 0.717) is 6.61 Å². The van der Waals surface area contributed by atoms with Gasteiger partial charge >= 0.3 is 19.8 Å². The van der Waals surface area contributed by atoms with Crippen LogP contribution in [0.1, 0.15) is 213 Å². The standard InChI is InChI=1S/C41H82NO9P/c1-3-5-7-9-11-13-14-15-16-17-18-19-20-21-22-23-24-25-27-29-31-33-40(43)51-38(36-49-52(46,47)50-37-39(42)41(44)45)35-48-34-32-30-28-26-12-10-8-6-4-2/h38-39H,3-37,42H2,1-2H3,(H,44,45)(H,46,47). The van der Waals surface area contributed by atoms with Crippen LogP contribution in [-0.4, -0.2) is 60.5 Å². The Morgan fingerprint density at radius 2 is 0.885 bits per heavy atom. The number of carbonyl (C=O) groups is 2. The Balaban J connectivity index is 4.07. The second-order valence-corrected chi connectivity index (χ2v) is 16.3. The van der Waals surface area contributed by atoms with Crippen molar-refractivity contribution in [2.75, 3.05) is 26.4 Å². The van der Waals surface area contributed by atoms with E-state index >= 15 is 0 Å². The van der Waals surface area contributed by atoms with Gasteiger partial charge in [-0.3, -0.25) is 18.6 Å². The highest BCUT2D eigenvalue weighted by atomic mass is 31.2. The predicted octanol–water partition coefficient (Wildman–Crippen LogP) is 11.6. The summed E-state index contributed by atoms with van der Waals surface area (Å²) in [4.78, 5) is 33.4. The largest absolute Gasteiger partial charge is 0.480 e. The van der Waals surface area contributed by atoms with Gasteiger partial charge in [-0.05, 0) is 12.8 Å². The quantitative estimate of drug-likeness (QED) is 0.0311. The zero-order valence-electron chi connectivity index (χ0n) is 33.7. The van der Waals surface area contributed by atoms with Crippen LogP contribution in [0.2, 0.25) is 0 Å². The van der Waals surface area contributed by atoms with Crippen molar-refractivity contribution in [1.29, 1.82) is 0 Å². The molecule has 0 saturated heterocycles. The van der Waals surface area contributed by atoms with Crippen molar-refractivity contribution in [3.05, 3.63) is 0 Å². The minimum atomic E-state index is -4.60. The summed E-state index contributed by atoms with van der Waals surface area (Å²) in [6.45, 7) is 3.90. The first kappa shape index (κ1) is 51.0. The third kappa shape index (κ3) is 37.3. The van der Waals surface area contributed by atoms with Crippen molar-refractivity contribution in [2.45, 2.75) is 225 Å². The van der Waals surface area contributed by atoms with E-state index in [1.54, 1.807) is 0 Å². The summed E-state index contributed by atoms with van der Waals surface area (Å²) in [6.07, 6.45) is 37.4. The zero-order chi connectivity index (χ0) is 38.4. The third-order valence-corrected chi connectivity index (χ3v) is 10.6. The number of aliphatic carboxylic acids is 1. The summed E-state index contributed by atoms with van der Waals surface area (Å²) >= 11 is 0. The molecule has 4 N–H and O–H groups in total. The molecular weight excluding hydrogens is 681 g/mol. The van der Waals surface area contributed by atoms with E-state index in [4.69, 9.17) is 29.4 Å². The molecule has 0 heterocycles. The number of hydrogen-bond acceptors (Lipinski definition) is 8. The van der Waals surface area contributed by atoms with E-state index in [2.05, 4.69) is 13.8 Å². The summed E-state index contributed by atoms with van der Waals surface area (Å²) in [5.74, 6) is -1.77. The first-order chi connectivity index (χ1) is 25.2. The highest BCUT2D eigenvalue weighted by Gasteiger charge is 2.27. The van der Waals surface area contributed by atoms with Crippen molar-refractivity contribution >= 4 is 19.8 Å². The van der Waals surface area contributed by atoms with Crippen LogP contribution in [0, 0.1) is 0 Å². The molecule has 310 valence electrons. The maximum Gasteiger partial charge on any atom is 0.472 e. The van der Waals surface area contributed by atoms with E-state index in [1.807, 2.05) is 0 Å². The zero-order valence-corrected chi connectivity index (χ0v) is 34.6. The molecule has 0 fully saturated rings. The van der Waals surface area contributed by atoms with Gasteiger partial charge in [0, 0.05) is 13.0 Å². The Morgan fingerprint density at radius 3 is 1.27 bits per heavy atom. The Labute approximate surface area is 319 Å². The Kier molecular flexibility index (Phi) is 37.5. The van der Waals surface area contributed by atoms with Crippen molar-refractivity contribution in [2.24, 2.45) is 5.73 Å². The van der Waals surface area contributed by atoms with E-state index in [-0.39, 0.29) is 13.0 Å². The molecule has 0 aromatic heterocycles. The third-order valence-electron chi connectivity index (χ3n) is 9.64. The lowest BCUT2D eigenvalue weighted by atomic mass is 10.0. The lowest BCUT2D eigenvalue weighted by Gasteiger charge is -2.20. The molecular formula is C41H82NO9P. The highest BCUT2D eigenvalue weighted by Crippen LogP contribution is 2.43. The molecule has 0 radical (unpaired) electrons. The molecule has 3 unspecified atom stereocenters. The molecule has 0 spiro atoms. The maximum atomic E-state index is 12.6. The van der Waals surface area contributed by atoms with E-state index < -0.39 is 45.1 Å². The van der Waals surface area contributed by atoms with Gasteiger partial charge in [0.1, 0.15) is 12.1 Å².